The standard InChI is InChI=1S/C15H8N4O7S2/c20-13(8-1-3-9(4-2-8)18(22)23)16-17-14(21)11(28-15(17)27)7-10-5-6-12(26-10)19(24)25/h1-7H,(H,16,20)/b11-7+. The van der Waals surface area contributed by atoms with Crippen LogP contribution in [0.4, 0.5) is 11.6 Å². The molecule has 2 aromatic rings. The zero-order valence-electron chi connectivity index (χ0n) is 13.6. The van der Waals surface area contributed by atoms with Crippen LogP contribution in [0.3, 0.4) is 0 Å². The van der Waals surface area contributed by atoms with Gasteiger partial charge < -0.3 is 4.42 Å². The number of nitro benzene ring substituents is 1. The van der Waals surface area contributed by atoms with Crippen LogP contribution in [0, 0.1) is 20.2 Å². The van der Waals surface area contributed by atoms with Crippen LogP contribution in [-0.4, -0.2) is 31.0 Å². The Labute approximate surface area is 165 Å². The van der Waals surface area contributed by atoms with Gasteiger partial charge in [0.1, 0.15) is 10.7 Å². The average Bonchev–Trinajstić information content (AvgIpc) is 3.22. The molecule has 1 saturated heterocycles. The molecule has 1 aliphatic rings. The first-order valence-corrected chi connectivity index (χ1v) is 8.56. The van der Waals surface area contributed by atoms with Crippen molar-refractivity contribution in [3.8, 4) is 0 Å². The molecule has 1 N–H and O–H groups in total. The molecule has 0 bridgehead atoms. The van der Waals surface area contributed by atoms with Gasteiger partial charge in [-0.1, -0.05) is 11.8 Å². The average molecular weight is 420 g/mol. The Morgan fingerprint density at radius 2 is 1.82 bits per heavy atom. The number of carbonyl (C=O) groups is 2. The highest BCUT2D eigenvalue weighted by molar-refractivity contribution is 8.26. The van der Waals surface area contributed by atoms with E-state index in [0.717, 1.165) is 35.0 Å². The molecule has 1 aliphatic heterocycles. The zero-order valence-corrected chi connectivity index (χ0v) is 15.2. The van der Waals surface area contributed by atoms with Gasteiger partial charge in [0.2, 0.25) is 0 Å². The Bertz CT molecular complexity index is 1040. The minimum Gasteiger partial charge on any atom is -0.401 e. The summed E-state index contributed by atoms with van der Waals surface area (Å²) in [5.41, 5.74) is 2.22. The second-order valence-corrected chi connectivity index (χ2v) is 6.87. The Balaban J connectivity index is 1.74. The summed E-state index contributed by atoms with van der Waals surface area (Å²) in [6.07, 6.45) is 1.27. The minimum absolute atomic E-state index is 0.0348. The fourth-order valence-electron chi connectivity index (χ4n) is 2.11. The van der Waals surface area contributed by atoms with Crippen molar-refractivity contribution in [2.75, 3.05) is 0 Å². The number of carbonyl (C=O) groups excluding carboxylic acids is 2. The van der Waals surface area contributed by atoms with Crippen LogP contribution in [0.1, 0.15) is 16.1 Å². The van der Waals surface area contributed by atoms with Gasteiger partial charge in [-0.2, -0.15) is 5.01 Å². The van der Waals surface area contributed by atoms with E-state index < -0.39 is 27.5 Å². The lowest BCUT2D eigenvalue weighted by molar-refractivity contribution is -0.402. The lowest BCUT2D eigenvalue weighted by Gasteiger charge is -2.15. The summed E-state index contributed by atoms with van der Waals surface area (Å²) in [6.45, 7) is 0. The molecule has 3 rings (SSSR count). The lowest BCUT2D eigenvalue weighted by Crippen LogP contribution is -2.44. The number of benzene rings is 1. The summed E-state index contributed by atoms with van der Waals surface area (Å²) in [6, 6.07) is 7.25. The van der Waals surface area contributed by atoms with Crippen molar-refractivity contribution in [1.82, 2.24) is 10.4 Å². The van der Waals surface area contributed by atoms with Crippen LogP contribution in [0.5, 0.6) is 0 Å². The summed E-state index contributed by atoms with van der Waals surface area (Å²) in [7, 11) is 0. The highest BCUT2D eigenvalue weighted by atomic mass is 32.2. The fourth-order valence-corrected chi connectivity index (χ4v) is 3.27. The molecule has 1 fully saturated rings. The third-order valence-corrected chi connectivity index (χ3v) is 4.72. The van der Waals surface area contributed by atoms with Crippen molar-refractivity contribution in [2.45, 2.75) is 0 Å². The second-order valence-electron chi connectivity index (χ2n) is 5.20. The molecule has 1 aromatic heterocycles. The maximum atomic E-state index is 12.4. The van der Waals surface area contributed by atoms with E-state index in [4.69, 9.17) is 16.6 Å². The Kier molecular flexibility index (Phi) is 5.19. The van der Waals surface area contributed by atoms with Crippen molar-refractivity contribution in [3.05, 3.63) is 72.9 Å². The molecule has 1 aromatic carbocycles. The monoisotopic (exact) mass is 420 g/mol. The minimum atomic E-state index is -0.715. The number of rotatable bonds is 5. The molecule has 28 heavy (non-hydrogen) atoms. The Morgan fingerprint density at radius 3 is 2.39 bits per heavy atom. The molecule has 13 heteroatoms. The first-order valence-electron chi connectivity index (χ1n) is 7.34. The molecule has 142 valence electrons. The number of thiocarbonyl (C=S) groups is 1. The van der Waals surface area contributed by atoms with Crippen molar-refractivity contribution in [1.29, 1.82) is 0 Å². The van der Waals surface area contributed by atoms with Crippen LogP contribution >= 0.6 is 24.0 Å². The van der Waals surface area contributed by atoms with Gasteiger partial charge in [-0.15, -0.1) is 0 Å². The molecule has 0 saturated carbocycles. The van der Waals surface area contributed by atoms with E-state index >= 15 is 0 Å². The van der Waals surface area contributed by atoms with Gasteiger partial charge in [-0.05, 0) is 30.4 Å². The van der Waals surface area contributed by atoms with Crippen molar-refractivity contribution < 1.29 is 23.9 Å². The van der Waals surface area contributed by atoms with Crippen molar-refractivity contribution in [2.24, 2.45) is 0 Å². The number of furan rings is 1. The number of nitrogens with one attached hydrogen (secondary N) is 1. The van der Waals surface area contributed by atoms with E-state index in [2.05, 4.69) is 5.43 Å². The van der Waals surface area contributed by atoms with Gasteiger partial charge in [0.05, 0.1) is 15.9 Å². The molecule has 2 heterocycles. The number of hydrogen-bond donors (Lipinski definition) is 1. The number of nitrogens with zero attached hydrogens (tertiary/aromatic N) is 3. The van der Waals surface area contributed by atoms with Crippen LogP contribution in [-0.2, 0) is 4.79 Å². The van der Waals surface area contributed by atoms with E-state index in [1.54, 1.807) is 0 Å². The smallest absolute Gasteiger partial charge is 0.401 e. The zero-order chi connectivity index (χ0) is 20.4. The van der Waals surface area contributed by atoms with Gasteiger partial charge in [0, 0.05) is 23.8 Å². The van der Waals surface area contributed by atoms with Crippen LogP contribution in [0.15, 0.2) is 45.7 Å². The number of non-ortho nitro benzene ring substituents is 1. The summed E-state index contributed by atoms with van der Waals surface area (Å²) >= 11 is 5.94. The third kappa shape index (κ3) is 3.89. The molecule has 0 aliphatic carbocycles. The van der Waals surface area contributed by atoms with E-state index in [9.17, 15) is 29.8 Å². The quantitative estimate of drug-likeness (QED) is 0.333. The molecular formula is C15H8N4O7S2. The normalized spacial score (nSPS) is 15.1. The van der Waals surface area contributed by atoms with E-state index in [1.807, 2.05) is 0 Å². The molecule has 0 unspecified atom stereocenters. The summed E-state index contributed by atoms with van der Waals surface area (Å²) in [5.74, 6) is -1.74. The third-order valence-electron chi connectivity index (χ3n) is 3.41. The molecule has 11 nitrogen and oxygen atoms in total. The summed E-state index contributed by atoms with van der Waals surface area (Å²) in [4.78, 5) is 44.8. The number of hydrogen-bond acceptors (Lipinski definition) is 9. The molecule has 2 amide bonds. The second kappa shape index (κ2) is 7.58. The van der Waals surface area contributed by atoms with Gasteiger partial charge in [-0.25, -0.2) is 0 Å². The van der Waals surface area contributed by atoms with Crippen LogP contribution in [0.2, 0.25) is 0 Å². The van der Waals surface area contributed by atoms with E-state index in [0.29, 0.717) is 0 Å². The largest absolute Gasteiger partial charge is 0.433 e. The van der Waals surface area contributed by atoms with Gasteiger partial charge >= 0.3 is 5.88 Å². The molecule has 0 radical (unpaired) electrons. The summed E-state index contributed by atoms with van der Waals surface area (Å²) in [5, 5.41) is 22.1. The van der Waals surface area contributed by atoms with Crippen LogP contribution in [0.25, 0.3) is 6.08 Å². The molecule has 0 spiro atoms. The first-order chi connectivity index (χ1) is 13.3. The Morgan fingerprint density at radius 1 is 1.14 bits per heavy atom. The highest BCUT2D eigenvalue weighted by Gasteiger charge is 2.34. The van der Waals surface area contributed by atoms with Gasteiger partial charge in [-0.3, -0.25) is 35.2 Å². The Hall–Kier alpha value is -3.58. The maximum Gasteiger partial charge on any atom is 0.433 e. The SMILES string of the molecule is O=C(NN1C(=O)/C(=C\c2ccc([N+](=O)[O-])o2)SC1=S)c1ccc([N+](=O)[O-])cc1. The van der Waals surface area contributed by atoms with E-state index in [-0.39, 0.29) is 26.2 Å². The topological polar surface area (TPSA) is 149 Å². The molecule has 0 atom stereocenters. The van der Waals surface area contributed by atoms with Crippen molar-refractivity contribution >= 4 is 57.8 Å². The lowest BCUT2D eigenvalue weighted by atomic mass is 10.2. The van der Waals surface area contributed by atoms with E-state index in [1.165, 1.54) is 24.3 Å². The summed E-state index contributed by atoms with van der Waals surface area (Å²) < 4.78 is 5.00. The number of amides is 2. The first kappa shape index (κ1) is 19.2. The highest BCUT2D eigenvalue weighted by Crippen LogP contribution is 2.32. The number of thioether (sulfide) groups is 1. The fraction of sp³-hybridized carbons (Fsp3) is 0. The maximum absolute atomic E-state index is 12.4. The van der Waals surface area contributed by atoms with Crippen molar-refractivity contribution in [3.63, 3.8) is 0 Å². The molecular weight excluding hydrogens is 412 g/mol. The predicted octanol–water partition coefficient (Wildman–Crippen LogP) is 2.64. The van der Waals surface area contributed by atoms with Crippen LogP contribution < -0.4 is 5.43 Å². The van der Waals surface area contributed by atoms with Gasteiger partial charge in [0.25, 0.3) is 17.5 Å². The predicted molar refractivity (Wildman–Crippen MR) is 101 cm³/mol. The number of hydrazine groups is 1. The number of nitro groups is 2. The van der Waals surface area contributed by atoms with Gasteiger partial charge in [0.15, 0.2) is 4.32 Å².